The van der Waals surface area contributed by atoms with Crippen LogP contribution in [0.3, 0.4) is 0 Å². The zero-order valence-corrected chi connectivity index (χ0v) is 16.6. The zero-order valence-electron chi connectivity index (χ0n) is 16.6. The molecule has 29 heavy (non-hydrogen) atoms. The molecule has 2 aromatic carbocycles. The summed E-state index contributed by atoms with van der Waals surface area (Å²) >= 11 is 0. The van der Waals surface area contributed by atoms with E-state index in [4.69, 9.17) is 0 Å². The van der Waals surface area contributed by atoms with Crippen molar-refractivity contribution in [3.63, 3.8) is 0 Å². The number of alkyl halides is 3. The van der Waals surface area contributed by atoms with Crippen LogP contribution in [0.25, 0.3) is 0 Å². The number of benzene rings is 2. The van der Waals surface area contributed by atoms with Gasteiger partial charge in [-0.05, 0) is 24.6 Å². The van der Waals surface area contributed by atoms with Crippen LogP contribution in [-0.4, -0.2) is 43.4 Å². The van der Waals surface area contributed by atoms with Crippen molar-refractivity contribution < 1.29 is 27.7 Å². The minimum absolute atomic E-state index is 0.141. The van der Waals surface area contributed by atoms with Crippen molar-refractivity contribution in [3.05, 3.63) is 65.7 Å². The average Bonchev–Trinajstić information content (AvgIpc) is 2.67. The number of quaternary nitrogens is 1. The first kappa shape index (κ1) is 22.4. The van der Waals surface area contributed by atoms with Gasteiger partial charge in [0.1, 0.15) is 0 Å². The molecule has 2 atom stereocenters. The Labute approximate surface area is 168 Å². The highest BCUT2D eigenvalue weighted by Crippen LogP contribution is 2.34. The van der Waals surface area contributed by atoms with Crippen molar-refractivity contribution in [1.29, 1.82) is 0 Å². The van der Waals surface area contributed by atoms with Gasteiger partial charge in [0.15, 0.2) is 12.6 Å². The number of nitrogens with zero attached hydrogens (tertiary/aromatic N) is 1. The largest absolute Gasteiger partial charge is 0.418 e. The first-order valence-corrected chi connectivity index (χ1v) is 9.17. The van der Waals surface area contributed by atoms with Crippen LogP contribution < -0.4 is 10.2 Å². The van der Waals surface area contributed by atoms with E-state index in [1.807, 2.05) is 30.3 Å². The maximum absolute atomic E-state index is 13.1. The number of likely N-dealkylation sites (N-methyl/N-ethyl adjacent to an activating group) is 2. The molecule has 0 bridgehead atoms. The summed E-state index contributed by atoms with van der Waals surface area (Å²) in [5.74, 6) is -0.751. The minimum Gasteiger partial charge on any atom is -0.336 e. The molecule has 0 spiro atoms. The molecule has 0 saturated heterocycles. The number of anilines is 1. The predicted octanol–water partition coefficient (Wildman–Crippen LogP) is 2.21. The Hall–Kier alpha value is -2.87. The highest BCUT2D eigenvalue weighted by Gasteiger charge is 2.34. The quantitative estimate of drug-likeness (QED) is 0.738. The number of carbonyl (C=O) groups excluding carboxylic acids is 2. The molecular formula is C21H25F3N3O2+. The van der Waals surface area contributed by atoms with E-state index in [1.165, 1.54) is 18.2 Å². The Bertz CT molecular complexity index is 841. The molecule has 0 fully saturated rings. The molecule has 0 aromatic heterocycles. The van der Waals surface area contributed by atoms with Crippen LogP contribution in [0.1, 0.15) is 18.1 Å². The molecule has 0 aliphatic rings. The van der Waals surface area contributed by atoms with Crippen molar-refractivity contribution >= 4 is 17.5 Å². The zero-order chi connectivity index (χ0) is 21.6. The molecule has 156 valence electrons. The van der Waals surface area contributed by atoms with Crippen LogP contribution >= 0.6 is 0 Å². The molecule has 0 radical (unpaired) electrons. The molecule has 0 aliphatic heterocycles. The molecule has 2 N–H and O–H groups in total. The van der Waals surface area contributed by atoms with E-state index in [0.29, 0.717) is 11.4 Å². The Kier molecular flexibility index (Phi) is 7.39. The van der Waals surface area contributed by atoms with Crippen molar-refractivity contribution in [2.45, 2.75) is 25.7 Å². The van der Waals surface area contributed by atoms with Crippen LogP contribution in [0.4, 0.5) is 18.9 Å². The van der Waals surface area contributed by atoms with E-state index < -0.39 is 23.7 Å². The van der Waals surface area contributed by atoms with E-state index in [0.717, 1.165) is 11.6 Å². The van der Waals surface area contributed by atoms with Crippen molar-refractivity contribution in [3.8, 4) is 0 Å². The number of halogens is 3. The molecule has 0 aliphatic carbocycles. The summed E-state index contributed by atoms with van der Waals surface area (Å²) in [7, 11) is 3.34. The molecule has 8 heteroatoms. The number of carbonyl (C=O) groups is 2. The SMILES string of the molecule is C[C@H](C(=O)N(C)Cc1ccccc1)[NH+](C)CC(=O)Nc1ccccc1C(F)(F)F. The normalized spacial score (nSPS) is 13.4. The Balaban J connectivity index is 1.96. The summed E-state index contributed by atoms with van der Waals surface area (Å²) < 4.78 is 39.2. The van der Waals surface area contributed by atoms with E-state index in [-0.39, 0.29) is 18.1 Å². The van der Waals surface area contributed by atoms with Gasteiger partial charge in [-0.3, -0.25) is 9.59 Å². The third kappa shape index (κ3) is 6.32. The fourth-order valence-electron chi connectivity index (χ4n) is 2.92. The van der Waals surface area contributed by atoms with Crippen molar-refractivity contribution in [1.82, 2.24) is 4.90 Å². The van der Waals surface area contributed by atoms with Gasteiger partial charge in [-0.2, -0.15) is 13.2 Å². The first-order valence-electron chi connectivity index (χ1n) is 9.17. The third-order valence-corrected chi connectivity index (χ3v) is 4.69. The lowest BCUT2D eigenvalue weighted by molar-refractivity contribution is -0.886. The van der Waals surface area contributed by atoms with Gasteiger partial charge in [-0.15, -0.1) is 0 Å². The minimum atomic E-state index is -4.56. The van der Waals surface area contributed by atoms with Gasteiger partial charge in [0.05, 0.1) is 18.3 Å². The molecule has 2 aromatic rings. The summed E-state index contributed by atoms with van der Waals surface area (Å²) in [6.45, 7) is 1.98. The van der Waals surface area contributed by atoms with Gasteiger partial charge in [-0.25, -0.2) is 0 Å². The van der Waals surface area contributed by atoms with E-state index in [9.17, 15) is 22.8 Å². The lowest BCUT2D eigenvalue weighted by Gasteiger charge is -2.25. The summed E-state index contributed by atoms with van der Waals surface area (Å²) in [6.07, 6.45) is -4.56. The molecule has 0 saturated carbocycles. The molecule has 5 nitrogen and oxygen atoms in total. The summed E-state index contributed by atoms with van der Waals surface area (Å²) in [5, 5.41) is 2.31. The fourth-order valence-corrected chi connectivity index (χ4v) is 2.92. The topological polar surface area (TPSA) is 53.9 Å². The van der Waals surface area contributed by atoms with Crippen LogP contribution in [0, 0.1) is 0 Å². The molecule has 0 heterocycles. The monoisotopic (exact) mass is 408 g/mol. The van der Waals surface area contributed by atoms with Gasteiger partial charge < -0.3 is 15.1 Å². The summed E-state index contributed by atoms with van der Waals surface area (Å²) in [4.78, 5) is 27.1. The fraction of sp³-hybridized carbons (Fsp3) is 0.333. The number of amides is 2. The second-order valence-corrected chi connectivity index (χ2v) is 7.02. The van der Waals surface area contributed by atoms with E-state index in [2.05, 4.69) is 5.32 Å². The van der Waals surface area contributed by atoms with Gasteiger partial charge in [-0.1, -0.05) is 42.5 Å². The van der Waals surface area contributed by atoms with Gasteiger partial charge in [0.2, 0.25) is 0 Å². The predicted molar refractivity (Wildman–Crippen MR) is 104 cm³/mol. The van der Waals surface area contributed by atoms with Crippen LogP contribution in [-0.2, 0) is 22.3 Å². The van der Waals surface area contributed by atoms with E-state index in [1.54, 1.807) is 25.9 Å². The lowest BCUT2D eigenvalue weighted by Crippen LogP contribution is -3.15. The van der Waals surface area contributed by atoms with E-state index >= 15 is 0 Å². The smallest absolute Gasteiger partial charge is 0.336 e. The molecule has 2 rings (SSSR count). The molecule has 2 amide bonds. The first-order chi connectivity index (χ1) is 13.6. The van der Waals surface area contributed by atoms with Crippen molar-refractivity contribution in [2.75, 3.05) is 26.0 Å². The maximum atomic E-state index is 13.1. The lowest BCUT2D eigenvalue weighted by atomic mass is 10.1. The second kappa shape index (κ2) is 9.56. The maximum Gasteiger partial charge on any atom is 0.418 e. The molecular weight excluding hydrogens is 383 g/mol. The van der Waals surface area contributed by atoms with Crippen molar-refractivity contribution in [2.24, 2.45) is 0 Å². The number of para-hydroxylation sites is 1. The average molecular weight is 408 g/mol. The van der Waals surface area contributed by atoms with Gasteiger partial charge in [0.25, 0.3) is 11.8 Å². The Morgan fingerprint density at radius 2 is 1.66 bits per heavy atom. The third-order valence-electron chi connectivity index (χ3n) is 4.69. The van der Waals surface area contributed by atoms with Gasteiger partial charge >= 0.3 is 6.18 Å². The highest BCUT2D eigenvalue weighted by molar-refractivity contribution is 5.92. The summed E-state index contributed by atoms with van der Waals surface area (Å²) in [5.41, 5.74) is -0.217. The van der Waals surface area contributed by atoms with Crippen LogP contribution in [0.15, 0.2) is 54.6 Å². The van der Waals surface area contributed by atoms with Gasteiger partial charge in [0, 0.05) is 13.6 Å². The summed E-state index contributed by atoms with van der Waals surface area (Å²) in [6, 6.07) is 13.8. The number of rotatable bonds is 7. The number of hydrogen-bond donors (Lipinski definition) is 2. The highest BCUT2D eigenvalue weighted by atomic mass is 19.4. The van der Waals surface area contributed by atoms with Crippen LogP contribution in [0.5, 0.6) is 0 Å². The standard InChI is InChI=1S/C21H24F3N3O2/c1-15(20(29)27(3)13-16-9-5-4-6-10-16)26(2)14-19(28)25-18-12-8-7-11-17(18)21(22,23)24/h4-12,15H,13-14H2,1-3H3,(H,25,28)/p+1/t15-/m1/s1. The number of hydrogen-bond acceptors (Lipinski definition) is 2. The Morgan fingerprint density at radius 1 is 1.07 bits per heavy atom. The number of nitrogens with one attached hydrogen (secondary N) is 2. The second-order valence-electron chi connectivity index (χ2n) is 7.02. The van der Waals surface area contributed by atoms with Crippen LogP contribution in [0.2, 0.25) is 0 Å². The Morgan fingerprint density at radius 3 is 2.28 bits per heavy atom. The molecule has 1 unspecified atom stereocenters.